The number of phenols is 2. The van der Waals surface area contributed by atoms with Gasteiger partial charge in [-0.05, 0) is 70.5 Å². The predicted molar refractivity (Wildman–Crippen MR) is 96.9 cm³/mol. The fraction of sp³-hybridized carbons (Fsp3) is 0.0909. The molecule has 3 aromatic rings. The zero-order valence-electron chi connectivity index (χ0n) is 13.2. The van der Waals surface area contributed by atoms with Crippen LogP contribution in [0.2, 0.25) is 0 Å². The van der Waals surface area contributed by atoms with Crippen molar-refractivity contribution in [1.82, 2.24) is 0 Å². The van der Waals surface area contributed by atoms with E-state index in [2.05, 4.69) is 24.3 Å². The van der Waals surface area contributed by atoms with Crippen LogP contribution in [-0.2, 0) is 6.42 Å². The van der Waals surface area contributed by atoms with Gasteiger partial charge in [-0.3, -0.25) is 0 Å². The molecule has 0 bridgehead atoms. The van der Waals surface area contributed by atoms with Gasteiger partial charge in [0.15, 0.2) is 0 Å². The van der Waals surface area contributed by atoms with Gasteiger partial charge in [-0.25, -0.2) is 0 Å². The van der Waals surface area contributed by atoms with Gasteiger partial charge in [-0.2, -0.15) is 0 Å². The monoisotopic (exact) mass is 314 g/mol. The molecule has 0 saturated heterocycles. The molecule has 1 aliphatic rings. The van der Waals surface area contributed by atoms with Crippen molar-refractivity contribution in [2.75, 3.05) is 0 Å². The van der Waals surface area contributed by atoms with E-state index in [1.165, 1.54) is 22.3 Å². The Bertz CT molecular complexity index is 856. The normalized spacial score (nSPS) is 12.9. The van der Waals surface area contributed by atoms with Crippen LogP contribution in [0.15, 0.2) is 72.8 Å². The Morgan fingerprint density at radius 1 is 0.625 bits per heavy atom. The maximum absolute atomic E-state index is 9.62. The first kappa shape index (κ1) is 14.6. The molecule has 0 spiro atoms. The van der Waals surface area contributed by atoms with Gasteiger partial charge < -0.3 is 10.2 Å². The minimum Gasteiger partial charge on any atom is -0.508 e. The van der Waals surface area contributed by atoms with Gasteiger partial charge >= 0.3 is 0 Å². The Morgan fingerprint density at radius 2 is 1.17 bits per heavy atom. The average Bonchev–Trinajstić information content (AvgIpc) is 3.03. The minimum absolute atomic E-state index is 0.264. The van der Waals surface area contributed by atoms with E-state index in [0.717, 1.165) is 24.0 Å². The summed E-state index contributed by atoms with van der Waals surface area (Å²) in [6.07, 6.45) is 2.04. The number of allylic oxidation sites excluding steroid dienone is 1. The molecular weight excluding hydrogens is 296 g/mol. The van der Waals surface area contributed by atoms with Crippen molar-refractivity contribution in [3.63, 3.8) is 0 Å². The van der Waals surface area contributed by atoms with E-state index in [1.807, 2.05) is 24.3 Å². The van der Waals surface area contributed by atoms with Gasteiger partial charge in [0, 0.05) is 0 Å². The molecule has 118 valence electrons. The number of aromatic hydroxyl groups is 2. The maximum Gasteiger partial charge on any atom is 0.115 e. The number of benzene rings is 3. The first-order valence-corrected chi connectivity index (χ1v) is 8.12. The zero-order chi connectivity index (χ0) is 16.5. The van der Waals surface area contributed by atoms with Crippen LogP contribution in [-0.4, -0.2) is 10.2 Å². The zero-order valence-corrected chi connectivity index (χ0v) is 13.2. The number of hydrogen-bond donors (Lipinski definition) is 2. The Balaban J connectivity index is 1.96. The molecule has 0 aliphatic heterocycles. The first-order valence-electron chi connectivity index (χ1n) is 8.12. The van der Waals surface area contributed by atoms with Crippen LogP contribution in [0.1, 0.15) is 28.7 Å². The molecule has 0 saturated carbocycles. The number of hydrogen-bond acceptors (Lipinski definition) is 2. The summed E-state index contributed by atoms with van der Waals surface area (Å²) in [6, 6.07) is 23.2. The third kappa shape index (κ3) is 2.56. The molecule has 2 nitrogen and oxygen atoms in total. The van der Waals surface area contributed by atoms with Crippen molar-refractivity contribution in [2.24, 2.45) is 0 Å². The van der Waals surface area contributed by atoms with E-state index in [0.29, 0.717) is 0 Å². The molecule has 1 aliphatic carbocycles. The van der Waals surface area contributed by atoms with Gasteiger partial charge in [-0.1, -0.05) is 48.5 Å². The molecule has 0 aromatic heterocycles. The van der Waals surface area contributed by atoms with Crippen molar-refractivity contribution in [2.45, 2.75) is 12.8 Å². The lowest BCUT2D eigenvalue weighted by molar-refractivity contribution is 0.475. The second-order valence-corrected chi connectivity index (χ2v) is 6.10. The van der Waals surface area contributed by atoms with Crippen molar-refractivity contribution in [3.05, 3.63) is 95.1 Å². The number of phenolic OH excluding ortho intramolecular Hbond substituents is 2. The topological polar surface area (TPSA) is 40.5 Å². The van der Waals surface area contributed by atoms with Crippen LogP contribution in [0.3, 0.4) is 0 Å². The molecule has 0 amide bonds. The smallest absolute Gasteiger partial charge is 0.115 e. The molecule has 0 heterocycles. The Morgan fingerprint density at radius 3 is 1.75 bits per heavy atom. The second kappa shape index (κ2) is 5.89. The summed E-state index contributed by atoms with van der Waals surface area (Å²) in [6.45, 7) is 0. The quantitative estimate of drug-likeness (QED) is 0.698. The predicted octanol–water partition coefficient (Wildman–Crippen LogP) is 5.00. The van der Waals surface area contributed by atoms with Crippen molar-refractivity contribution in [1.29, 1.82) is 0 Å². The molecule has 2 N–H and O–H groups in total. The highest BCUT2D eigenvalue weighted by Crippen LogP contribution is 2.41. The molecule has 0 fully saturated rings. The molecule has 3 aromatic carbocycles. The third-order valence-electron chi connectivity index (χ3n) is 4.60. The lowest BCUT2D eigenvalue weighted by Gasteiger charge is -2.14. The summed E-state index contributed by atoms with van der Waals surface area (Å²) in [5.74, 6) is 0.529. The Kier molecular flexibility index (Phi) is 3.58. The standard InChI is InChI=1S/C22H18O2/c23-18-10-5-16(6-11-18)22(17-7-12-19(24)13-8-17)21-14-9-15-3-1-2-4-20(15)21/h1-8,10-13,23-24H,9,14H2. The molecule has 2 heteroatoms. The van der Waals surface area contributed by atoms with E-state index in [4.69, 9.17) is 0 Å². The highest BCUT2D eigenvalue weighted by molar-refractivity contribution is 6.00. The lowest BCUT2D eigenvalue weighted by atomic mass is 9.90. The number of fused-ring (bicyclic) bond motifs is 1. The summed E-state index contributed by atoms with van der Waals surface area (Å²) >= 11 is 0. The fourth-order valence-corrected chi connectivity index (χ4v) is 3.46. The van der Waals surface area contributed by atoms with Crippen LogP contribution < -0.4 is 0 Å². The summed E-state index contributed by atoms with van der Waals surface area (Å²) in [7, 11) is 0. The van der Waals surface area contributed by atoms with Crippen LogP contribution >= 0.6 is 0 Å². The first-order chi connectivity index (χ1) is 11.7. The van der Waals surface area contributed by atoms with Gasteiger partial charge in [-0.15, -0.1) is 0 Å². The summed E-state index contributed by atoms with van der Waals surface area (Å²) in [5, 5.41) is 19.2. The summed E-state index contributed by atoms with van der Waals surface area (Å²) < 4.78 is 0. The van der Waals surface area contributed by atoms with Gasteiger partial charge in [0.05, 0.1) is 0 Å². The van der Waals surface area contributed by atoms with Crippen LogP contribution in [0, 0.1) is 0 Å². The minimum atomic E-state index is 0.264. The largest absolute Gasteiger partial charge is 0.508 e. The van der Waals surface area contributed by atoms with Crippen molar-refractivity contribution < 1.29 is 10.2 Å². The average molecular weight is 314 g/mol. The Labute approximate surface area is 141 Å². The van der Waals surface area contributed by atoms with Gasteiger partial charge in [0.1, 0.15) is 11.5 Å². The van der Waals surface area contributed by atoms with Gasteiger partial charge in [0.2, 0.25) is 0 Å². The molecule has 0 unspecified atom stereocenters. The van der Waals surface area contributed by atoms with Crippen LogP contribution in [0.4, 0.5) is 0 Å². The highest BCUT2D eigenvalue weighted by atomic mass is 16.3. The van der Waals surface area contributed by atoms with Crippen LogP contribution in [0.25, 0.3) is 11.1 Å². The van der Waals surface area contributed by atoms with E-state index in [9.17, 15) is 10.2 Å². The SMILES string of the molecule is Oc1ccc(C(=C2CCc3ccccc32)c2ccc(O)cc2)cc1. The third-order valence-corrected chi connectivity index (χ3v) is 4.60. The molecule has 0 atom stereocenters. The second-order valence-electron chi connectivity index (χ2n) is 6.10. The molecular formula is C22H18O2. The summed E-state index contributed by atoms with van der Waals surface area (Å²) in [4.78, 5) is 0. The number of aryl methyl sites for hydroxylation is 1. The molecule has 0 radical (unpaired) electrons. The van der Waals surface area contributed by atoms with E-state index < -0.39 is 0 Å². The van der Waals surface area contributed by atoms with E-state index in [1.54, 1.807) is 24.3 Å². The fourth-order valence-electron chi connectivity index (χ4n) is 3.46. The Hall–Kier alpha value is -3.00. The van der Waals surface area contributed by atoms with Crippen molar-refractivity contribution >= 4 is 11.1 Å². The maximum atomic E-state index is 9.62. The molecule has 4 rings (SSSR count). The lowest BCUT2D eigenvalue weighted by Crippen LogP contribution is -1.93. The van der Waals surface area contributed by atoms with E-state index in [-0.39, 0.29) is 11.5 Å². The van der Waals surface area contributed by atoms with Gasteiger partial charge in [0.25, 0.3) is 0 Å². The van der Waals surface area contributed by atoms with E-state index >= 15 is 0 Å². The van der Waals surface area contributed by atoms with Crippen LogP contribution in [0.5, 0.6) is 11.5 Å². The summed E-state index contributed by atoms with van der Waals surface area (Å²) in [5.41, 5.74) is 7.31. The molecule has 24 heavy (non-hydrogen) atoms. The van der Waals surface area contributed by atoms with Crippen molar-refractivity contribution in [3.8, 4) is 11.5 Å². The highest BCUT2D eigenvalue weighted by Gasteiger charge is 2.21. The number of rotatable bonds is 2.